The van der Waals surface area contributed by atoms with Crippen LogP contribution in [0.3, 0.4) is 0 Å². The number of rotatable bonds is 5. The lowest BCUT2D eigenvalue weighted by Gasteiger charge is -2.31. The summed E-state index contributed by atoms with van der Waals surface area (Å²) in [6, 6.07) is 0. The second-order valence-corrected chi connectivity index (χ2v) is 4.70. The third-order valence-corrected chi connectivity index (χ3v) is 2.87. The Morgan fingerprint density at radius 1 is 1.14 bits per heavy atom. The van der Waals surface area contributed by atoms with Gasteiger partial charge < -0.3 is 11.5 Å². The molecule has 0 aliphatic heterocycles. The van der Waals surface area contributed by atoms with Crippen molar-refractivity contribution in [2.24, 2.45) is 11.5 Å². The summed E-state index contributed by atoms with van der Waals surface area (Å²) in [5, 5.41) is -1.35. The Kier molecular flexibility index (Phi) is 3.74. The zero-order valence-corrected chi connectivity index (χ0v) is 9.39. The lowest BCUT2D eigenvalue weighted by Crippen LogP contribution is -2.42. The molecule has 14 heavy (non-hydrogen) atoms. The third-order valence-electron chi connectivity index (χ3n) is 2.87. The van der Waals surface area contributed by atoms with Gasteiger partial charge in [-0.2, -0.15) is 0 Å². The molecule has 0 rings (SSSR count). The van der Waals surface area contributed by atoms with Crippen LogP contribution in [0.4, 0.5) is 0 Å². The summed E-state index contributed by atoms with van der Waals surface area (Å²) in [5.41, 5.74) is 10.5. The smallest absolute Gasteiger partial charge is 0.215 e. The molecule has 4 N–H and O–H groups in total. The van der Waals surface area contributed by atoms with E-state index in [1.165, 1.54) is 0 Å². The zero-order chi connectivity index (χ0) is 11.6. The molecular weight excluding hydrogens is 179 g/mol. The van der Waals surface area contributed by atoms with Gasteiger partial charge >= 0.3 is 0 Å². The quantitative estimate of drug-likeness (QED) is 0.617. The highest BCUT2D eigenvalue weighted by Gasteiger charge is 2.40. The van der Waals surface area contributed by atoms with Gasteiger partial charge in [-0.15, -0.1) is 0 Å². The van der Waals surface area contributed by atoms with Crippen LogP contribution in [0, 0.1) is 0 Å². The van der Waals surface area contributed by atoms with Gasteiger partial charge in [0.1, 0.15) is 0 Å². The summed E-state index contributed by atoms with van der Waals surface area (Å²) in [7, 11) is 0.390. The Morgan fingerprint density at radius 3 is 1.79 bits per heavy atom. The van der Waals surface area contributed by atoms with Gasteiger partial charge in [-0.05, 0) is 6.42 Å². The molecule has 0 saturated heterocycles. The molecule has 0 spiro atoms. The normalized spacial score (nSPS) is 15.7. The average molecular weight is 198 g/mol. The summed E-state index contributed by atoms with van der Waals surface area (Å²) < 4.78 is 0. The van der Waals surface area contributed by atoms with Crippen LogP contribution in [0.1, 0.15) is 34.1 Å². The molecule has 4 nitrogen and oxygen atoms in total. The molecule has 0 fully saturated rings. The van der Waals surface area contributed by atoms with Crippen molar-refractivity contribution in [1.82, 2.24) is 0 Å². The van der Waals surface area contributed by atoms with Gasteiger partial charge in [-0.25, -0.2) is 0 Å². The highest BCUT2D eigenvalue weighted by molar-refractivity contribution is 6.55. The van der Waals surface area contributed by atoms with Crippen molar-refractivity contribution < 1.29 is 9.59 Å². The number of amides is 2. The summed E-state index contributed by atoms with van der Waals surface area (Å²) in [6.07, 6.45) is 0.610. The molecule has 80 valence electrons. The van der Waals surface area contributed by atoms with Crippen LogP contribution in [0.2, 0.25) is 10.6 Å². The zero-order valence-electron chi connectivity index (χ0n) is 9.39. The Hall–Kier alpha value is -0.995. The monoisotopic (exact) mass is 198 g/mol. The second kappa shape index (κ2) is 4.03. The van der Waals surface area contributed by atoms with Crippen molar-refractivity contribution in [3.8, 4) is 0 Å². The summed E-state index contributed by atoms with van der Waals surface area (Å²) in [6.45, 7) is 7.10. The number of hydrogen-bond acceptors (Lipinski definition) is 2. The first-order valence-electron chi connectivity index (χ1n) is 4.75. The fourth-order valence-electron chi connectivity index (χ4n) is 1.45. The summed E-state index contributed by atoms with van der Waals surface area (Å²) in [5.74, 6) is -0.784. The fraction of sp³-hybridized carbons (Fsp3) is 0.778. The van der Waals surface area contributed by atoms with Gasteiger partial charge in [0.05, 0.1) is 0 Å². The predicted molar refractivity (Wildman–Crippen MR) is 58.2 cm³/mol. The molecule has 2 amide bonds. The topological polar surface area (TPSA) is 86.2 Å². The van der Waals surface area contributed by atoms with E-state index >= 15 is 0 Å². The molecule has 5 heteroatoms. The molecule has 1 unspecified atom stereocenters. The lowest BCUT2D eigenvalue weighted by atomic mass is 9.39. The fourth-order valence-corrected chi connectivity index (χ4v) is 1.45. The number of primary amides is 2. The van der Waals surface area contributed by atoms with Crippen molar-refractivity contribution in [2.75, 3.05) is 0 Å². The van der Waals surface area contributed by atoms with Crippen molar-refractivity contribution in [2.45, 2.75) is 44.7 Å². The van der Waals surface area contributed by atoms with E-state index in [0.29, 0.717) is 13.7 Å². The van der Waals surface area contributed by atoms with Gasteiger partial charge in [0, 0.05) is 10.6 Å². The first-order valence-corrected chi connectivity index (χ1v) is 4.75. The minimum Gasteiger partial charge on any atom is -0.370 e. The standard InChI is InChI=1S/C9H19BN2O2/c1-5-9(4,7(12)14)10-8(2,3)6(11)13/h10H,5H2,1-4H3,(H2,11,13)(H2,12,14). The largest absolute Gasteiger partial charge is 0.370 e. The molecular formula is C9H19BN2O2. The Morgan fingerprint density at radius 2 is 1.57 bits per heavy atom. The van der Waals surface area contributed by atoms with Crippen LogP contribution < -0.4 is 11.5 Å². The van der Waals surface area contributed by atoms with Crippen LogP contribution in [0.15, 0.2) is 0 Å². The lowest BCUT2D eigenvalue weighted by molar-refractivity contribution is -0.121. The second-order valence-electron chi connectivity index (χ2n) is 4.70. The van der Waals surface area contributed by atoms with E-state index in [2.05, 4.69) is 0 Å². The van der Waals surface area contributed by atoms with Crippen molar-refractivity contribution in [3.63, 3.8) is 0 Å². The minimum atomic E-state index is -0.695. The Labute approximate surface area is 85.6 Å². The van der Waals surface area contributed by atoms with Crippen molar-refractivity contribution >= 4 is 19.1 Å². The van der Waals surface area contributed by atoms with E-state index in [1.807, 2.05) is 6.92 Å². The maximum absolute atomic E-state index is 11.2. The van der Waals surface area contributed by atoms with Crippen LogP contribution in [0.5, 0.6) is 0 Å². The molecule has 0 radical (unpaired) electrons. The first kappa shape index (κ1) is 13.0. The Balaban J connectivity index is 4.79. The van der Waals surface area contributed by atoms with Crippen LogP contribution in [-0.2, 0) is 9.59 Å². The number of nitrogens with two attached hydrogens (primary N) is 2. The maximum atomic E-state index is 11.2. The minimum absolute atomic E-state index is 0.380. The van der Waals surface area contributed by atoms with Crippen LogP contribution in [-0.4, -0.2) is 19.1 Å². The molecule has 0 aliphatic carbocycles. The molecule has 0 aromatic carbocycles. The molecule has 0 heterocycles. The van der Waals surface area contributed by atoms with E-state index in [-0.39, 0.29) is 5.91 Å². The maximum Gasteiger partial charge on any atom is 0.215 e. The van der Waals surface area contributed by atoms with Crippen LogP contribution in [0.25, 0.3) is 0 Å². The van der Waals surface area contributed by atoms with E-state index in [9.17, 15) is 9.59 Å². The average Bonchev–Trinajstić information content (AvgIpc) is 2.02. The SMILES string of the molecule is CCC(C)(BC(C)(C)C(N)=O)C(N)=O. The van der Waals surface area contributed by atoms with E-state index < -0.39 is 16.5 Å². The Bertz CT molecular complexity index is 253. The summed E-state index contributed by atoms with van der Waals surface area (Å²) >= 11 is 0. The number of hydrogen-bond donors (Lipinski definition) is 2. The van der Waals surface area contributed by atoms with E-state index in [4.69, 9.17) is 11.5 Å². The number of carbonyl (C=O) groups is 2. The molecule has 0 saturated carbocycles. The van der Waals surface area contributed by atoms with E-state index in [0.717, 1.165) is 0 Å². The molecule has 0 aliphatic rings. The molecule has 1 atom stereocenters. The van der Waals surface area contributed by atoms with Gasteiger partial charge in [-0.1, -0.05) is 27.7 Å². The molecule has 0 aromatic heterocycles. The molecule has 0 bridgehead atoms. The number of carbonyl (C=O) groups excluding carboxylic acids is 2. The van der Waals surface area contributed by atoms with Gasteiger partial charge in [-0.3, -0.25) is 9.59 Å². The predicted octanol–water partition coefficient (Wildman–Crippen LogP) is 0.181. The first-order chi connectivity index (χ1) is 6.15. The highest BCUT2D eigenvalue weighted by Crippen LogP contribution is 2.37. The van der Waals surface area contributed by atoms with E-state index in [1.54, 1.807) is 20.8 Å². The highest BCUT2D eigenvalue weighted by atomic mass is 16.1. The van der Waals surface area contributed by atoms with Crippen LogP contribution >= 0.6 is 0 Å². The molecule has 0 aromatic rings. The summed E-state index contributed by atoms with van der Waals surface area (Å²) in [4.78, 5) is 22.3. The van der Waals surface area contributed by atoms with Gasteiger partial charge in [0.25, 0.3) is 0 Å². The van der Waals surface area contributed by atoms with Gasteiger partial charge in [0.2, 0.25) is 11.8 Å². The van der Waals surface area contributed by atoms with Crippen molar-refractivity contribution in [1.29, 1.82) is 0 Å². The third kappa shape index (κ3) is 2.75. The van der Waals surface area contributed by atoms with Gasteiger partial charge in [0.15, 0.2) is 7.28 Å². The van der Waals surface area contributed by atoms with Crippen molar-refractivity contribution in [3.05, 3.63) is 0 Å².